The molecule has 2 heterocycles. The molecule has 1 aliphatic heterocycles. The molecular formula is C14H26N6O. The predicted molar refractivity (Wildman–Crippen MR) is 83.3 cm³/mol. The van der Waals surface area contributed by atoms with Gasteiger partial charge in [0.1, 0.15) is 0 Å². The number of hydrogen-bond acceptors (Lipinski definition) is 7. The molecule has 0 aromatic carbocycles. The molecule has 21 heavy (non-hydrogen) atoms. The van der Waals surface area contributed by atoms with Crippen LogP contribution in [0, 0.1) is 5.92 Å². The topological polar surface area (TPSA) is 89.2 Å². The Bertz CT molecular complexity index is 441. The smallest absolute Gasteiger partial charge is 0.323 e. The normalized spacial score (nSPS) is 19.2. The molecule has 1 aliphatic rings. The van der Waals surface area contributed by atoms with E-state index >= 15 is 0 Å². The first-order chi connectivity index (χ1) is 10.3. The lowest BCUT2D eigenvalue weighted by atomic mass is 9.96. The summed E-state index contributed by atoms with van der Waals surface area (Å²) in [7, 11) is 0. The van der Waals surface area contributed by atoms with Gasteiger partial charge in [0.15, 0.2) is 0 Å². The largest absolute Gasteiger partial charge is 0.464 e. The minimum absolute atomic E-state index is 0.324. The molecule has 0 radical (unpaired) electrons. The number of nitrogens with zero attached hydrogens (tertiary/aromatic N) is 4. The Labute approximate surface area is 126 Å². The van der Waals surface area contributed by atoms with Crippen LogP contribution in [0.2, 0.25) is 0 Å². The van der Waals surface area contributed by atoms with Gasteiger partial charge in [-0.25, -0.2) is 5.84 Å². The van der Waals surface area contributed by atoms with E-state index in [1.807, 2.05) is 6.92 Å². The molecular weight excluding hydrogens is 268 g/mol. The van der Waals surface area contributed by atoms with Crippen LogP contribution < -0.4 is 20.9 Å². The number of anilines is 2. The molecule has 1 aromatic rings. The summed E-state index contributed by atoms with van der Waals surface area (Å²) in [4.78, 5) is 15.1. The minimum atomic E-state index is 0.324. The third kappa shape index (κ3) is 4.42. The van der Waals surface area contributed by atoms with E-state index in [1.165, 1.54) is 32.1 Å². The minimum Gasteiger partial charge on any atom is -0.464 e. The van der Waals surface area contributed by atoms with Crippen LogP contribution in [-0.4, -0.2) is 34.6 Å². The molecule has 118 valence electrons. The van der Waals surface area contributed by atoms with E-state index < -0.39 is 0 Å². The fraction of sp³-hybridized carbons (Fsp3) is 0.786. The number of nitrogens with one attached hydrogen (secondary N) is 1. The number of hydrogen-bond donors (Lipinski definition) is 2. The van der Waals surface area contributed by atoms with E-state index in [9.17, 15) is 0 Å². The fourth-order valence-corrected chi connectivity index (χ4v) is 2.81. The van der Waals surface area contributed by atoms with Gasteiger partial charge in [0, 0.05) is 13.1 Å². The van der Waals surface area contributed by atoms with Crippen LogP contribution in [0.1, 0.15) is 46.0 Å². The highest BCUT2D eigenvalue weighted by atomic mass is 16.5. The molecule has 0 saturated carbocycles. The second-order valence-corrected chi connectivity index (χ2v) is 5.39. The Balaban J connectivity index is 2.11. The Morgan fingerprint density at radius 1 is 1.24 bits per heavy atom. The van der Waals surface area contributed by atoms with Crippen LogP contribution >= 0.6 is 0 Å². The molecule has 1 unspecified atom stereocenters. The SMILES string of the molecule is CCCC1CCCN(c2nc(NN)nc(OCC)n2)CC1. The van der Waals surface area contributed by atoms with Crippen LogP contribution in [0.3, 0.4) is 0 Å². The van der Waals surface area contributed by atoms with Crippen molar-refractivity contribution in [2.45, 2.75) is 46.0 Å². The Hall–Kier alpha value is -1.63. The van der Waals surface area contributed by atoms with Crippen molar-refractivity contribution in [1.82, 2.24) is 15.0 Å². The van der Waals surface area contributed by atoms with Crippen molar-refractivity contribution < 1.29 is 4.74 Å². The molecule has 0 spiro atoms. The zero-order valence-corrected chi connectivity index (χ0v) is 13.0. The van der Waals surface area contributed by atoms with E-state index in [0.29, 0.717) is 24.5 Å². The summed E-state index contributed by atoms with van der Waals surface area (Å²) in [5.41, 5.74) is 2.48. The number of ether oxygens (including phenoxy) is 1. The summed E-state index contributed by atoms with van der Waals surface area (Å²) in [5.74, 6) is 7.25. The molecule has 0 aliphatic carbocycles. The zero-order chi connectivity index (χ0) is 15.1. The number of aromatic nitrogens is 3. The first kappa shape index (κ1) is 15.8. The van der Waals surface area contributed by atoms with Gasteiger partial charge in [-0.15, -0.1) is 0 Å². The van der Waals surface area contributed by atoms with Gasteiger partial charge in [0.05, 0.1) is 6.61 Å². The van der Waals surface area contributed by atoms with Crippen LogP contribution in [0.25, 0.3) is 0 Å². The maximum atomic E-state index is 5.43. The van der Waals surface area contributed by atoms with Crippen molar-refractivity contribution >= 4 is 11.9 Å². The average Bonchev–Trinajstić information content (AvgIpc) is 2.73. The van der Waals surface area contributed by atoms with Gasteiger partial charge in [-0.1, -0.05) is 19.8 Å². The standard InChI is InChI=1S/C14H26N6O/c1-3-6-11-7-5-9-20(10-8-11)13-16-12(19-15)17-14(18-13)21-4-2/h11H,3-10,15H2,1-2H3,(H,16,17,18,19). The second-order valence-electron chi connectivity index (χ2n) is 5.39. The summed E-state index contributed by atoms with van der Waals surface area (Å²) in [6, 6.07) is 0.324. The highest BCUT2D eigenvalue weighted by Crippen LogP contribution is 2.24. The Kier molecular flexibility index (Phi) is 5.98. The summed E-state index contributed by atoms with van der Waals surface area (Å²) < 4.78 is 5.39. The van der Waals surface area contributed by atoms with Gasteiger partial charge in [-0.3, -0.25) is 5.43 Å². The van der Waals surface area contributed by atoms with Crippen molar-refractivity contribution in [3.05, 3.63) is 0 Å². The van der Waals surface area contributed by atoms with Gasteiger partial charge >= 0.3 is 6.01 Å². The lowest BCUT2D eigenvalue weighted by molar-refractivity contribution is 0.312. The van der Waals surface area contributed by atoms with Crippen LogP contribution in [0.5, 0.6) is 6.01 Å². The van der Waals surface area contributed by atoms with Gasteiger partial charge in [0.25, 0.3) is 0 Å². The Morgan fingerprint density at radius 3 is 2.81 bits per heavy atom. The second kappa shape index (κ2) is 7.97. The third-order valence-electron chi connectivity index (χ3n) is 3.83. The molecule has 1 aromatic heterocycles. The highest BCUT2D eigenvalue weighted by Gasteiger charge is 2.19. The van der Waals surface area contributed by atoms with Gasteiger partial charge < -0.3 is 9.64 Å². The van der Waals surface area contributed by atoms with E-state index in [0.717, 1.165) is 19.0 Å². The van der Waals surface area contributed by atoms with Gasteiger partial charge in [-0.05, 0) is 32.1 Å². The molecule has 7 nitrogen and oxygen atoms in total. The van der Waals surface area contributed by atoms with Crippen molar-refractivity contribution in [2.24, 2.45) is 11.8 Å². The van der Waals surface area contributed by atoms with E-state index in [4.69, 9.17) is 10.6 Å². The van der Waals surface area contributed by atoms with E-state index in [2.05, 4.69) is 32.2 Å². The summed E-state index contributed by atoms with van der Waals surface area (Å²) in [6.45, 7) is 6.62. The summed E-state index contributed by atoms with van der Waals surface area (Å²) in [6.07, 6.45) is 6.22. The first-order valence-electron chi connectivity index (χ1n) is 7.87. The molecule has 1 atom stereocenters. The summed E-state index contributed by atoms with van der Waals surface area (Å²) >= 11 is 0. The monoisotopic (exact) mass is 294 g/mol. The maximum absolute atomic E-state index is 5.43. The van der Waals surface area contributed by atoms with Crippen LogP contribution in [0.4, 0.5) is 11.9 Å². The van der Waals surface area contributed by atoms with Crippen molar-refractivity contribution in [3.8, 4) is 6.01 Å². The van der Waals surface area contributed by atoms with Gasteiger partial charge in [0.2, 0.25) is 11.9 Å². The third-order valence-corrected chi connectivity index (χ3v) is 3.83. The van der Waals surface area contributed by atoms with Crippen molar-refractivity contribution in [3.63, 3.8) is 0 Å². The number of hydrazine groups is 1. The molecule has 1 fully saturated rings. The number of rotatable bonds is 6. The van der Waals surface area contributed by atoms with Gasteiger partial charge in [-0.2, -0.15) is 15.0 Å². The molecule has 1 saturated heterocycles. The molecule has 2 rings (SSSR count). The van der Waals surface area contributed by atoms with E-state index in [-0.39, 0.29) is 0 Å². The van der Waals surface area contributed by atoms with Crippen LogP contribution in [0.15, 0.2) is 0 Å². The lowest BCUT2D eigenvalue weighted by Gasteiger charge is -2.21. The molecule has 3 N–H and O–H groups in total. The lowest BCUT2D eigenvalue weighted by Crippen LogP contribution is -2.27. The molecule has 0 amide bonds. The zero-order valence-electron chi connectivity index (χ0n) is 13.0. The molecule has 0 bridgehead atoms. The van der Waals surface area contributed by atoms with Crippen molar-refractivity contribution in [2.75, 3.05) is 30.0 Å². The number of nitrogens with two attached hydrogens (primary N) is 1. The number of nitrogen functional groups attached to an aromatic ring is 1. The Morgan fingerprint density at radius 2 is 2.10 bits per heavy atom. The molecule has 7 heteroatoms. The maximum Gasteiger partial charge on any atom is 0.323 e. The first-order valence-corrected chi connectivity index (χ1v) is 7.87. The fourth-order valence-electron chi connectivity index (χ4n) is 2.81. The van der Waals surface area contributed by atoms with Crippen molar-refractivity contribution in [1.29, 1.82) is 0 Å². The van der Waals surface area contributed by atoms with E-state index in [1.54, 1.807) is 0 Å². The summed E-state index contributed by atoms with van der Waals surface area (Å²) in [5, 5.41) is 0. The highest BCUT2D eigenvalue weighted by molar-refractivity contribution is 5.37. The quantitative estimate of drug-likeness (QED) is 0.612. The predicted octanol–water partition coefficient (Wildman–Crippen LogP) is 1.96. The average molecular weight is 294 g/mol. The van der Waals surface area contributed by atoms with Crippen LogP contribution in [-0.2, 0) is 0 Å².